The summed E-state index contributed by atoms with van der Waals surface area (Å²) in [5.74, 6) is 0. The number of halogens is 1. The molecule has 3 aromatic rings. The third-order valence-corrected chi connectivity index (χ3v) is 7.13. The fourth-order valence-electron chi connectivity index (χ4n) is 4.99. The van der Waals surface area contributed by atoms with Crippen molar-refractivity contribution in [1.29, 1.82) is 0 Å². The summed E-state index contributed by atoms with van der Waals surface area (Å²) in [5.41, 5.74) is 12.2. The van der Waals surface area contributed by atoms with Gasteiger partial charge >= 0.3 is 0 Å². The first-order valence-electron chi connectivity index (χ1n) is 11.5. The van der Waals surface area contributed by atoms with Gasteiger partial charge in [-0.2, -0.15) is 0 Å². The van der Waals surface area contributed by atoms with E-state index < -0.39 is 0 Å². The average Bonchev–Trinajstić information content (AvgIpc) is 2.95. The predicted octanol–water partition coefficient (Wildman–Crippen LogP) is 5.65. The Hall–Kier alpha value is -2.56. The summed E-state index contributed by atoms with van der Waals surface area (Å²) in [4.78, 5) is 16.9. The Morgan fingerprint density at radius 1 is 0.875 bits per heavy atom. The van der Waals surface area contributed by atoms with E-state index in [4.69, 9.17) is 21.6 Å². The third-order valence-electron chi connectivity index (χ3n) is 6.89. The molecule has 5 rings (SSSR count). The van der Waals surface area contributed by atoms with E-state index in [-0.39, 0.29) is 0 Å². The first-order valence-corrected chi connectivity index (χ1v) is 11.9. The van der Waals surface area contributed by atoms with Crippen LogP contribution < -0.4 is 0 Å². The third kappa shape index (κ3) is 4.10. The van der Waals surface area contributed by atoms with Gasteiger partial charge < -0.3 is 0 Å². The average molecular weight is 445 g/mol. The zero-order valence-electron chi connectivity index (χ0n) is 19.1. The molecule has 1 aliphatic heterocycles. The largest absolute Gasteiger partial charge is 0.297 e. The standard InChI is InChI=1S/C27H29ClN4/c1-17-18(2)31-25(19(3)30-17)16-32-13-10-20(11-14-32)26-24-9-8-23(28)15-22(24)7-6-21-5-4-12-29-27(21)26/h4-5,8-9,12,15H,6-7,10-11,13-14,16H2,1-3H3. The van der Waals surface area contributed by atoms with Crippen molar-refractivity contribution in [3.05, 3.63) is 92.3 Å². The summed E-state index contributed by atoms with van der Waals surface area (Å²) < 4.78 is 0. The molecule has 0 saturated carbocycles. The molecule has 0 N–H and O–H groups in total. The van der Waals surface area contributed by atoms with Gasteiger partial charge in [-0.15, -0.1) is 0 Å². The number of rotatable bonds is 2. The maximum Gasteiger partial charge on any atom is 0.0759 e. The van der Waals surface area contributed by atoms with Crippen molar-refractivity contribution in [1.82, 2.24) is 19.9 Å². The van der Waals surface area contributed by atoms with Gasteiger partial charge in [0.25, 0.3) is 0 Å². The van der Waals surface area contributed by atoms with Crippen LogP contribution in [-0.4, -0.2) is 32.9 Å². The highest BCUT2D eigenvalue weighted by Crippen LogP contribution is 2.38. The maximum absolute atomic E-state index is 6.36. The summed E-state index contributed by atoms with van der Waals surface area (Å²) in [5, 5.41) is 0.812. The van der Waals surface area contributed by atoms with Crippen molar-refractivity contribution >= 4 is 17.2 Å². The summed E-state index contributed by atoms with van der Waals surface area (Å²) in [7, 11) is 0. The molecule has 164 valence electrons. The molecule has 0 atom stereocenters. The first kappa shape index (κ1) is 21.3. The highest BCUT2D eigenvalue weighted by Gasteiger charge is 2.25. The lowest BCUT2D eigenvalue weighted by atomic mass is 9.88. The Balaban J connectivity index is 1.46. The Morgan fingerprint density at radius 3 is 2.44 bits per heavy atom. The van der Waals surface area contributed by atoms with Gasteiger partial charge in [-0.3, -0.25) is 19.9 Å². The van der Waals surface area contributed by atoms with Crippen molar-refractivity contribution in [3.8, 4) is 0 Å². The van der Waals surface area contributed by atoms with E-state index in [1.54, 1.807) is 0 Å². The van der Waals surface area contributed by atoms with E-state index in [1.807, 2.05) is 26.1 Å². The fourth-order valence-corrected chi connectivity index (χ4v) is 5.18. The summed E-state index contributed by atoms with van der Waals surface area (Å²) in [6, 6.07) is 10.6. The molecule has 0 spiro atoms. The fraction of sp³-hybridized carbons (Fsp3) is 0.370. The van der Waals surface area contributed by atoms with Crippen LogP contribution in [0.1, 0.15) is 58.0 Å². The number of hydrogen-bond acceptors (Lipinski definition) is 4. The van der Waals surface area contributed by atoms with Crippen LogP contribution in [0.3, 0.4) is 0 Å². The van der Waals surface area contributed by atoms with Gasteiger partial charge in [0, 0.05) is 36.4 Å². The van der Waals surface area contributed by atoms with Gasteiger partial charge in [0.1, 0.15) is 0 Å². The second-order valence-electron chi connectivity index (χ2n) is 8.99. The van der Waals surface area contributed by atoms with E-state index in [0.717, 1.165) is 78.8 Å². The molecule has 0 unspecified atom stereocenters. The Kier molecular flexibility index (Phi) is 5.83. The zero-order chi connectivity index (χ0) is 22.2. The van der Waals surface area contributed by atoms with E-state index >= 15 is 0 Å². The molecule has 1 aromatic carbocycles. The van der Waals surface area contributed by atoms with Crippen LogP contribution in [0.25, 0.3) is 5.57 Å². The molecular formula is C27H29ClN4. The number of likely N-dealkylation sites (tertiary alicyclic amines) is 1. The molecule has 32 heavy (non-hydrogen) atoms. The maximum atomic E-state index is 6.36. The van der Waals surface area contributed by atoms with Crippen LogP contribution in [0.4, 0.5) is 0 Å². The molecule has 1 aliphatic carbocycles. The monoisotopic (exact) mass is 444 g/mol. The van der Waals surface area contributed by atoms with Crippen LogP contribution in [0, 0.1) is 20.8 Å². The molecule has 0 bridgehead atoms. The normalized spacial score (nSPS) is 16.5. The SMILES string of the molecule is Cc1nc(C)c(CN2CCC(=C3c4ccc(Cl)cc4CCc4cccnc43)CC2)nc1C. The van der Waals surface area contributed by atoms with Gasteiger partial charge in [0.05, 0.1) is 28.5 Å². The molecule has 0 radical (unpaired) electrons. The van der Waals surface area contributed by atoms with Crippen molar-refractivity contribution in [3.63, 3.8) is 0 Å². The summed E-state index contributed by atoms with van der Waals surface area (Å²) in [6.07, 6.45) is 6.03. The van der Waals surface area contributed by atoms with Crippen LogP contribution in [0.2, 0.25) is 5.02 Å². The van der Waals surface area contributed by atoms with Crippen LogP contribution >= 0.6 is 11.6 Å². The molecule has 4 nitrogen and oxygen atoms in total. The predicted molar refractivity (Wildman–Crippen MR) is 130 cm³/mol. The molecular weight excluding hydrogens is 416 g/mol. The quantitative estimate of drug-likeness (QED) is 0.512. The summed E-state index contributed by atoms with van der Waals surface area (Å²) >= 11 is 6.36. The second kappa shape index (κ2) is 8.76. The number of aryl methyl sites for hydroxylation is 5. The number of piperidine rings is 1. The number of hydrogen-bond donors (Lipinski definition) is 0. The second-order valence-corrected chi connectivity index (χ2v) is 9.43. The molecule has 2 aromatic heterocycles. The topological polar surface area (TPSA) is 41.9 Å². The molecule has 1 fully saturated rings. The van der Waals surface area contributed by atoms with E-state index in [9.17, 15) is 0 Å². The van der Waals surface area contributed by atoms with E-state index in [0.29, 0.717) is 0 Å². The van der Waals surface area contributed by atoms with Gasteiger partial charge in [-0.05, 0) is 81.3 Å². The Morgan fingerprint density at radius 2 is 1.62 bits per heavy atom. The molecule has 5 heteroatoms. The van der Waals surface area contributed by atoms with Crippen molar-refractivity contribution < 1.29 is 0 Å². The molecule has 1 saturated heterocycles. The van der Waals surface area contributed by atoms with Crippen molar-refractivity contribution in [2.45, 2.75) is 53.0 Å². The lowest BCUT2D eigenvalue weighted by molar-refractivity contribution is 0.245. The number of nitrogens with zero attached hydrogens (tertiary/aromatic N) is 4. The van der Waals surface area contributed by atoms with Crippen LogP contribution in [0.5, 0.6) is 0 Å². The Bertz CT molecular complexity index is 1200. The van der Waals surface area contributed by atoms with Gasteiger partial charge in [-0.25, -0.2) is 0 Å². The van der Waals surface area contributed by atoms with E-state index in [1.165, 1.54) is 27.8 Å². The van der Waals surface area contributed by atoms with Crippen molar-refractivity contribution in [2.24, 2.45) is 0 Å². The summed E-state index contributed by atoms with van der Waals surface area (Å²) in [6.45, 7) is 9.06. The lowest BCUT2D eigenvalue weighted by Crippen LogP contribution is -2.31. The van der Waals surface area contributed by atoms with Crippen LogP contribution in [-0.2, 0) is 19.4 Å². The van der Waals surface area contributed by atoms with E-state index in [2.05, 4.69) is 41.1 Å². The zero-order valence-corrected chi connectivity index (χ0v) is 19.8. The smallest absolute Gasteiger partial charge is 0.0759 e. The Labute approximate surface area is 195 Å². The number of aromatic nitrogens is 3. The van der Waals surface area contributed by atoms with Gasteiger partial charge in [-0.1, -0.05) is 29.3 Å². The minimum Gasteiger partial charge on any atom is -0.297 e. The minimum atomic E-state index is 0.812. The van der Waals surface area contributed by atoms with Gasteiger partial charge in [0.2, 0.25) is 0 Å². The number of pyridine rings is 1. The molecule has 3 heterocycles. The highest BCUT2D eigenvalue weighted by atomic mass is 35.5. The van der Waals surface area contributed by atoms with Gasteiger partial charge in [0.15, 0.2) is 0 Å². The lowest BCUT2D eigenvalue weighted by Gasteiger charge is -2.30. The highest BCUT2D eigenvalue weighted by molar-refractivity contribution is 6.30. The van der Waals surface area contributed by atoms with Crippen LogP contribution in [0.15, 0.2) is 42.1 Å². The minimum absolute atomic E-state index is 0.812. The van der Waals surface area contributed by atoms with Crippen molar-refractivity contribution in [2.75, 3.05) is 13.1 Å². The number of fused-ring (bicyclic) bond motifs is 2. The number of benzene rings is 1. The first-order chi connectivity index (χ1) is 15.5. The molecule has 0 amide bonds. The molecule has 2 aliphatic rings.